The summed E-state index contributed by atoms with van der Waals surface area (Å²) in [5, 5.41) is 0.840. The molecule has 0 bridgehead atoms. The van der Waals surface area contributed by atoms with Crippen LogP contribution >= 0.6 is 0 Å². The van der Waals surface area contributed by atoms with Crippen molar-refractivity contribution >= 4 is 10.9 Å². The molecule has 0 spiro atoms. The zero-order chi connectivity index (χ0) is 14.1. The minimum atomic E-state index is 0.210. The predicted octanol–water partition coefficient (Wildman–Crippen LogP) is 2.83. The van der Waals surface area contributed by atoms with Gasteiger partial charge in [0.15, 0.2) is 5.43 Å². The van der Waals surface area contributed by atoms with E-state index in [4.69, 9.17) is 0 Å². The Balaban J connectivity index is 2.08. The maximum Gasteiger partial charge on any atom is 0.194 e. The van der Waals surface area contributed by atoms with Crippen molar-refractivity contribution < 1.29 is 0 Å². The molecule has 1 aromatic heterocycles. The molecule has 3 nitrogen and oxygen atoms in total. The highest BCUT2D eigenvalue weighted by molar-refractivity contribution is 5.80. The van der Waals surface area contributed by atoms with E-state index in [9.17, 15) is 4.79 Å². The van der Waals surface area contributed by atoms with E-state index in [1.54, 1.807) is 0 Å². The van der Waals surface area contributed by atoms with Crippen LogP contribution in [0.5, 0.6) is 0 Å². The third kappa shape index (κ3) is 2.27. The molecule has 0 N–H and O–H groups in total. The smallest absolute Gasteiger partial charge is 0.194 e. The number of benzene rings is 1. The fraction of sp³-hybridized carbons (Fsp3) is 0.471. The molecule has 2 aromatic rings. The van der Waals surface area contributed by atoms with Crippen molar-refractivity contribution in [3.8, 4) is 0 Å². The molecule has 20 heavy (non-hydrogen) atoms. The highest BCUT2D eigenvalue weighted by atomic mass is 16.1. The van der Waals surface area contributed by atoms with E-state index in [0.717, 1.165) is 41.8 Å². The Morgan fingerprint density at radius 3 is 2.55 bits per heavy atom. The van der Waals surface area contributed by atoms with Gasteiger partial charge in [-0.25, -0.2) is 0 Å². The van der Waals surface area contributed by atoms with Crippen molar-refractivity contribution in [3.63, 3.8) is 0 Å². The maximum atomic E-state index is 12.7. The molecule has 1 aliphatic heterocycles. The van der Waals surface area contributed by atoms with Crippen LogP contribution < -0.4 is 5.43 Å². The number of piperidine rings is 1. The molecule has 1 aliphatic rings. The second kappa shape index (κ2) is 5.41. The van der Waals surface area contributed by atoms with Gasteiger partial charge in [0.05, 0.1) is 5.52 Å². The summed E-state index contributed by atoms with van der Waals surface area (Å²) in [5.74, 6) is 0. The van der Waals surface area contributed by atoms with Crippen molar-refractivity contribution in [2.75, 3.05) is 13.1 Å². The van der Waals surface area contributed by atoms with Gasteiger partial charge in [0, 0.05) is 30.2 Å². The van der Waals surface area contributed by atoms with E-state index in [2.05, 4.69) is 23.4 Å². The lowest BCUT2D eigenvalue weighted by Gasteiger charge is -2.27. The average Bonchev–Trinajstić information content (AvgIpc) is 2.50. The predicted molar refractivity (Wildman–Crippen MR) is 83.1 cm³/mol. The summed E-state index contributed by atoms with van der Waals surface area (Å²) >= 11 is 0. The lowest BCUT2D eigenvalue weighted by molar-refractivity contribution is 0.219. The van der Waals surface area contributed by atoms with E-state index in [0.29, 0.717) is 0 Å². The summed E-state index contributed by atoms with van der Waals surface area (Å²) in [6.45, 7) is 5.10. The quantitative estimate of drug-likeness (QED) is 0.838. The topological polar surface area (TPSA) is 25.2 Å². The van der Waals surface area contributed by atoms with Crippen LogP contribution in [-0.4, -0.2) is 22.6 Å². The Bertz CT molecular complexity index is 681. The second-order valence-corrected chi connectivity index (χ2v) is 5.81. The number of fused-ring (bicyclic) bond motifs is 1. The highest BCUT2D eigenvalue weighted by Gasteiger charge is 2.16. The molecule has 1 fully saturated rings. The number of pyridine rings is 1. The zero-order valence-corrected chi connectivity index (χ0v) is 12.4. The molecule has 3 heteroatoms. The summed E-state index contributed by atoms with van der Waals surface area (Å²) in [4.78, 5) is 15.2. The Morgan fingerprint density at radius 2 is 1.80 bits per heavy atom. The molecule has 0 saturated carbocycles. The average molecular weight is 270 g/mol. The summed E-state index contributed by atoms with van der Waals surface area (Å²) in [6.07, 6.45) is 3.84. The molecule has 1 saturated heterocycles. The number of nitrogens with zero attached hydrogens (tertiary/aromatic N) is 2. The third-order valence-corrected chi connectivity index (χ3v) is 4.55. The van der Waals surface area contributed by atoms with Gasteiger partial charge in [-0.1, -0.05) is 18.6 Å². The van der Waals surface area contributed by atoms with Crippen molar-refractivity contribution in [2.24, 2.45) is 7.05 Å². The zero-order valence-electron chi connectivity index (χ0n) is 12.4. The molecule has 1 aromatic carbocycles. The number of aryl methyl sites for hydroxylation is 1. The number of para-hydroxylation sites is 1. The summed E-state index contributed by atoms with van der Waals surface area (Å²) < 4.78 is 2.15. The number of rotatable bonds is 2. The third-order valence-electron chi connectivity index (χ3n) is 4.55. The van der Waals surface area contributed by atoms with Gasteiger partial charge in [0.1, 0.15) is 0 Å². The van der Waals surface area contributed by atoms with Gasteiger partial charge in [-0.2, -0.15) is 0 Å². The van der Waals surface area contributed by atoms with Crippen LogP contribution in [0.3, 0.4) is 0 Å². The molecule has 0 atom stereocenters. The van der Waals surface area contributed by atoms with Crippen LogP contribution in [0.15, 0.2) is 29.1 Å². The monoisotopic (exact) mass is 270 g/mol. The van der Waals surface area contributed by atoms with Gasteiger partial charge in [-0.3, -0.25) is 9.69 Å². The molecule has 0 radical (unpaired) electrons. The van der Waals surface area contributed by atoms with Gasteiger partial charge in [-0.05, 0) is 45.0 Å². The van der Waals surface area contributed by atoms with E-state index >= 15 is 0 Å². The molecular formula is C17H22N2O. The van der Waals surface area contributed by atoms with Crippen molar-refractivity contribution in [1.82, 2.24) is 9.47 Å². The summed E-state index contributed by atoms with van der Waals surface area (Å²) in [6, 6.07) is 7.90. The first-order chi connectivity index (χ1) is 9.68. The van der Waals surface area contributed by atoms with Crippen LogP contribution in [0.25, 0.3) is 10.9 Å². The minimum absolute atomic E-state index is 0.210. The van der Waals surface area contributed by atoms with Crippen LogP contribution in [0.2, 0.25) is 0 Å². The molecule has 0 aliphatic carbocycles. The van der Waals surface area contributed by atoms with E-state index < -0.39 is 0 Å². The Morgan fingerprint density at radius 1 is 1.10 bits per heavy atom. The van der Waals surface area contributed by atoms with E-state index in [1.807, 2.05) is 24.3 Å². The lowest BCUT2D eigenvalue weighted by Crippen LogP contribution is -2.32. The summed E-state index contributed by atoms with van der Waals surface area (Å²) in [7, 11) is 2.05. The van der Waals surface area contributed by atoms with Gasteiger partial charge in [0.2, 0.25) is 0 Å². The lowest BCUT2D eigenvalue weighted by atomic mass is 10.1. The van der Waals surface area contributed by atoms with Crippen LogP contribution in [-0.2, 0) is 13.6 Å². The van der Waals surface area contributed by atoms with Gasteiger partial charge < -0.3 is 4.57 Å². The molecule has 3 rings (SSSR count). The molecule has 106 valence electrons. The van der Waals surface area contributed by atoms with Gasteiger partial charge in [0.25, 0.3) is 0 Å². The number of aromatic nitrogens is 1. The normalized spacial score (nSPS) is 16.7. The van der Waals surface area contributed by atoms with E-state index in [1.165, 1.54) is 19.3 Å². The van der Waals surface area contributed by atoms with Crippen LogP contribution in [0.4, 0.5) is 0 Å². The largest absolute Gasteiger partial charge is 0.347 e. The maximum absolute atomic E-state index is 12.7. The second-order valence-electron chi connectivity index (χ2n) is 5.81. The number of hydrogen-bond acceptors (Lipinski definition) is 2. The van der Waals surface area contributed by atoms with Crippen molar-refractivity contribution in [3.05, 3.63) is 45.7 Å². The SMILES string of the molecule is Cc1c(CN2CCCCC2)c(=O)c2ccccc2n1C. The minimum Gasteiger partial charge on any atom is -0.347 e. The number of hydrogen-bond donors (Lipinski definition) is 0. The molecule has 2 heterocycles. The Hall–Kier alpha value is -1.61. The summed E-state index contributed by atoms with van der Waals surface area (Å²) in [5.41, 5.74) is 3.30. The van der Waals surface area contributed by atoms with Gasteiger partial charge >= 0.3 is 0 Å². The first-order valence-electron chi connectivity index (χ1n) is 7.48. The Labute approximate surface area is 119 Å². The Kier molecular flexibility index (Phi) is 3.62. The van der Waals surface area contributed by atoms with Gasteiger partial charge in [-0.15, -0.1) is 0 Å². The molecular weight excluding hydrogens is 248 g/mol. The molecule has 0 unspecified atom stereocenters. The molecule has 0 amide bonds. The fourth-order valence-electron chi connectivity index (χ4n) is 3.20. The number of likely N-dealkylation sites (tertiary alicyclic amines) is 1. The first kappa shape index (κ1) is 13.4. The van der Waals surface area contributed by atoms with Crippen LogP contribution in [0, 0.1) is 6.92 Å². The van der Waals surface area contributed by atoms with Crippen LogP contribution in [0.1, 0.15) is 30.5 Å². The van der Waals surface area contributed by atoms with Crippen molar-refractivity contribution in [2.45, 2.75) is 32.7 Å². The highest BCUT2D eigenvalue weighted by Crippen LogP contribution is 2.17. The standard InChI is InChI=1S/C17H22N2O/c1-13-15(12-19-10-6-3-7-11-19)17(20)14-8-4-5-9-16(14)18(13)2/h4-5,8-9H,3,6-7,10-12H2,1-2H3. The van der Waals surface area contributed by atoms with Crippen molar-refractivity contribution in [1.29, 1.82) is 0 Å². The first-order valence-corrected chi connectivity index (χ1v) is 7.48. The van der Waals surface area contributed by atoms with E-state index in [-0.39, 0.29) is 5.43 Å². The fourth-order valence-corrected chi connectivity index (χ4v) is 3.20.